The Balaban J connectivity index is 2.21. The molecule has 0 amide bonds. The molecule has 1 saturated carbocycles. The van der Waals surface area contributed by atoms with Gasteiger partial charge in [-0.1, -0.05) is 13.8 Å². The van der Waals surface area contributed by atoms with Crippen molar-refractivity contribution in [2.75, 3.05) is 6.61 Å². The molecule has 2 atom stereocenters. The average molecular weight is 186 g/mol. The molecule has 0 bridgehead atoms. The van der Waals surface area contributed by atoms with E-state index in [2.05, 4.69) is 13.8 Å². The molecule has 0 aliphatic heterocycles. The summed E-state index contributed by atoms with van der Waals surface area (Å²) in [5.41, 5.74) is 0. The monoisotopic (exact) mass is 186 g/mol. The first kappa shape index (κ1) is 10.5. The summed E-state index contributed by atoms with van der Waals surface area (Å²) in [5, 5.41) is 8.75. The number of hydrogen-bond acceptors (Lipinski definition) is 2. The SMILES string of the molecule is CC(C)COC1CCC(C(=O)O)C1. The van der Waals surface area contributed by atoms with E-state index >= 15 is 0 Å². The lowest BCUT2D eigenvalue weighted by Crippen LogP contribution is -2.15. The number of carboxylic acid groups (broad SMARTS) is 1. The molecule has 0 saturated heterocycles. The van der Waals surface area contributed by atoms with Crippen LogP contribution in [0.25, 0.3) is 0 Å². The molecule has 0 heterocycles. The van der Waals surface area contributed by atoms with Crippen LogP contribution in [0.3, 0.4) is 0 Å². The van der Waals surface area contributed by atoms with Crippen molar-refractivity contribution in [2.45, 2.75) is 39.2 Å². The van der Waals surface area contributed by atoms with Crippen LogP contribution in [0.15, 0.2) is 0 Å². The van der Waals surface area contributed by atoms with Crippen LogP contribution in [0, 0.1) is 11.8 Å². The number of rotatable bonds is 4. The van der Waals surface area contributed by atoms with Crippen molar-refractivity contribution in [1.82, 2.24) is 0 Å². The summed E-state index contributed by atoms with van der Waals surface area (Å²) in [6.07, 6.45) is 2.56. The van der Waals surface area contributed by atoms with Gasteiger partial charge >= 0.3 is 5.97 Å². The van der Waals surface area contributed by atoms with Gasteiger partial charge in [-0.2, -0.15) is 0 Å². The fraction of sp³-hybridized carbons (Fsp3) is 0.900. The number of carboxylic acids is 1. The summed E-state index contributed by atoms with van der Waals surface area (Å²) in [7, 11) is 0. The molecule has 1 fully saturated rings. The lowest BCUT2D eigenvalue weighted by atomic mass is 10.1. The maximum absolute atomic E-state index is 10.6. The minimum absolute atomic E-state index is 0.169. The summed E-state index contributed by atoms with van der Waals surface area (Å²) in [6, 6.07) is 0. The van der Waals surface area contributed by atoms with Gasteiger partial charge in [0.1, 0.15) is 0 Å². The van der Waals surface area contributed by atoms with Crippen LogP contribution in [0.1, 0.15) is 33.1 Å². The van der Waals surface area contributed by atoms with Crippen molar-refractivity contribution in [3.05, 3.63) is 0 Å². The number of hydrogen-bond donors (Lipinski definition) is 1. The van der Waals surface area contributed by atoms with E-state index in [0.29, 0.717) is 12.3 Å². The first-order valence-corrected chi connectivity index (χ1v) is 4.94. The summed E-state index contributed by atoms with van der Waals surface area (Å²) in [6.45, 7) is 4.95. The maximum atomic E-state index is 10.6. The summed E-state index contributed by atoms with van der Waals surface area (Å²) in [4.78, 5) is 10.6. The van der Waals surface area contributed by atoms with Crippen LogP contribution in [0.4, 0.5) is 0 Å². The predicted octanol–water partition coefficient (Wildman–Crippen LogP) is 1.91. The van der Waals surface area contributed by atoms with Gasteiger partial charge in [-0.05, 0) is 25.2 Å². The van der Waals surface area contributed by atoms with Gasteiger partial charge in [0.15, 0.2) is 0 Å². The molecular weight excluding hydrogens is 168 g/mol. The van der Waals surface area contributed by atoms with Crippen molar-refractivity contribution < 1.29 is 14.6 Å². The third-order valence-corrected chi connectivity index (χ3v) is 2.40. The van der Waals surface area contributed by atoms with Gasteiger partial charge in [0.25, 0.3) is 0 Å². The van der Waals surface area contributed by atoms with Crippen molar-refractivity contribution in [1.29, 1.82) is 0 Å². The van der Waals surface area contributed by atoms with E-state index in [1.165, 1.54) is 0 Å². The predicted molar refractivity (Wildman–Crippen MR) is 49.6 cm³/mol. The highest BCUT2D eigenvalue weighted by Gasteiger charge is 2.30. The molecule has 0 aromatic carbocycles. The Morgan fingerprint density at radius 1 is 1.54 bits per heavy atom. The largest absolute Gasteiger partial charge is 0.481 e. The molecule has 0 radical (unpaired) electrons. The number of ether oxygens (including phenoxy) is 1. The standard InChI is InChI=1S/C10H18O3/c1-7(2)6-13-9-4-3-8(5-9)10(11)12/h7-9H,3-6H2,1-2H3,(H,11,12). The molecule has 0 spiro atoms. The zero-order valence-electron chi connectivity index (χ0n) is 8.32. The number of carbonyl (C=O) groups is 1. The normalized spacial score (nSPS) is 28.2. The zero-order chi connectivity index (χ0) is 9.84. The summed E-state index contributed by atoms with van der Waals surface area (Å²) >= 11 is 0. The summed E-state index contributed by atoms with van der Waals surface area (Å²) < 4.78 is 5.58. The van der Waals surface area contributed by atoms with Gasteiger partial charge in [0, 0.05) is 6.61 Å². The molecule has 1 aliphatic carbocycles. The third-order valence-electron chi connectivity index (χ3n) is 2.40. The highest BCUT2D eigenvalue weighted by atomic mass is 16.5. The van der Waals surface area contributed by atoms with E-state index in [4.69, 9.17) is 9.84 Å². The van der Waals surface area contributed by atoms with E-state index in [1.807, 2.05) is 0 Å². The van der Waals surface area contributed by atoms with Crippen LogP contribution in [-0.2, 0) is 9.53 Å². The van der Waals surface area contributed by atoms with Gasteiger partial charge in [-0.15, -0.1) is 0 Å². The zero-order valence-corrected chi connectivity index (χ0v) is 8.32. The van der Waals surface area contributed by atoms with Crippen molar-refractivity contribution in [3.8, 4) is 0 Å². The van der Waals surface area contributed by atoms with E-state index in [0.717, 1.165) is 19.4 Å². The van der Waals surface area contributed by atoms with E-state index in [9.17, 15) is 4.79 Å². The van der Waals surface area contributed by atoms with Crippen molar-refractivity contribution in [3.63, 3.8) is 0 Å². The van der Waals surface area contributed by atoms with Crippen LogP contribution in [0.2, 0.25) is 0 Å². The van der Waals surface area contributed by atoms with Crippen LogP contribution < -0.4 is 0 Å². The second kappa shape index (κ2) is 4.61. The Labute approximate surface area is 79.1 Å². The highest BCUT2D eigenvalue weighted by Crippen LogP contribution is 2.28. The van der Waals surface area contributed by atoms with Crippen LogP contribution in [-0.4, -0.2) is 23.8 Å². The molecule has 1 aliphatic rings. The Kier molecular flexibility index (Phi) is 3.72. The number of aliphatic carboxylic acids is 1. The van der Waals surface area contributed by atoms with E-state index < -0.39 is 5.97 Å². The molecule has 13 heavy (non-hydrogen) atoms. The molecule has 1 rings (SSSR count). The van der Waals surface area contributed by atoms with Crippen LogP contribution in [0.5, 0.6) is 0 Å². The average Bonchev–Trinajstić information content (AvgIpc) is 2.48. The Morgan fingerprint density at radius 3 is 2.69 bits per heavy atom. The minimum Gasteiger partial charge on any atom is -0.481 e. The lowest BCUT2D eigenvalue weighted by Gasteiger charge is -2.13. The first-order chi connectivity index (χ1) is 6.09. The molecule has 3 heteroatoms. The molecule has 0 aromatic rings. The summed E-state index contributed by atoms with van der Waals surface area (Å²) in [5.74, 6) is -0.309. The second-order valence-electron chi connectivity index (χ2n) is 4.20. The Morgan fingerprint density at radius 2 is 2.23 bits per heavy atom. The molecule has 76 valence electrons. The van der Waals surface area contributed by atoms with E-state index in [1.54, 1.807) is 0 Å². The quantitative estimate of drug-likeness (QED) is 0.729. The van der Waals surface area contributed by atoms with Gasteiger partial charge in [-0.3, -0.25) is 4.79 Å². The van der Waals surface area contributed by atoms with Crippen LogP contribution >= 0.6 is 0 Å². The lowest BCUT2D eigenvalue weighted by molar-refractivity contribution is -0.141. The fourth-order valence-corrected chi connectivity index (χ4v) is 1.64. The van der Waals surface area contributed by atoms with Crippen molar-refractivity contribution >= 4 is 5.97 Å². The Bertz CT molecular complexity index is 177. The van der Waals surface area contributed by atoms with Gasteiger partial charge < -0.3 is 9.84 Å². The third kappa shape index (κ3) is 3.35. The Hall–Kier alpha value is -0.570. The second-order valence-corrected chi connectivity index (χ2v) is 4.20. The smallest absolute Gasteiger partial charge is 0.306 e. The maximum Gasteiger partial charge on any atom is 0.306 e. The van der Waals surface area contributed by atoms with E-state index in [-0.39, 0.29) is 12.0 Å². The molecule has 3 nitrogen and oxygen atoms in total. The molecule has 1 N–H and O–H groups in total. The van der Waals surface area contributed by atoms with Gasteiger partial charge in [0.2, 0.25) is 0 Å². The van der Waals surface area contributed by atoms with Gasteiger partial charge in [-0.25, -0.2) is 0 Å². The molecule has 0 aromatic heterocycles. The minimum atomic E-state index is -0.671. The van der Waals surface area contributed by atoms with Gasteiger partial charge in [0.05, 0.1) is 12.0 Å². The fourth-order valence-electron chi connectivity index (χ4n) is 1.64. The topological polar surface area (TPSA) is 46.5 Å². The molecular formula is C10H18O3. The highest BCUT2D eigenvalue weighted by molar-refractivity contribution is 5.70. The first-order valence-electron chi connectivity index (χ1n) is 4.94. The van der Waals surface area contributed by atoms with Crippen molar-refractivity contribution in [2.24, 2.45) is 11.8 Å². The molecule has 2 unspecified atom stereocenters.